The summed E-state index contributed by atoms with van der Waals surface area (Å²) in [5, 5.41) is 4.04. The van der Waals surface area contributed by atoms with Gasteiger partial charge >= 0.3 is 0 Å². The van der Waals surface area contributed by atoms with Gasteiger partial charge in [-0.2, -0.15) is 0 Å². The molecule has 3 heteroatoms. The van der Waals surface area contributed by atoms with Crippen LogP contribution in [0.3, 0.4) is 0 Å². The van der Waals surface area contributed by atoms with Gasteiger partial charge in [-0.3, -0.25) is 0 Å². The van der Waals surface area contributed by atoms with Crippen molar-refractivity contribution in [3.05, 3.63) is 35.9 Å². The summed E-state index contributed by atoms with van der Waals surface area (Å²) in [7, 11) is 0.799. The minimum Gasteiger partial charge on any atom is -0.336 e. The van der Waals surface area contributed by atoms with Crippen molar-refractivity contribution in [3.8, 4) is 0 Å². The predicted molar refractivity (Wildman–Crippen MR) is 85.9 cm³/mol. The summed E-state index contributed by atoms with van der Waals surface area (Å²) in [4.78, 5) is 4.86. The van der Waals surface area contributed by atoms with E-state index in [1.807, 2.05) is 0 Å². The largest absolute Gasteiger partial charge is 0.336 e. The predicted octanol–water partition coefficient (Wildman–Crippen LogP) is 3.58. The number of para-hydroxylation sites is 1. The molecule has 0 bridgehead atoms. The molecule has 0 radical (unpaired) electrons. The monoisotopic (exact) mass is 268 g/mol. The van der Waals surface area contributed by atoms with E-state index in [1.165, 1.54) is 21.7 Å². The van der Waals surface area contributed by atoms with Gasteiger partial charge in [0.2, 0.25) is 0 Å². The minimum atomic E-state index is -1.36. The lowest BCUT2D eigenvalue weighted by molar-refractivity contribution is 0.974. The molecule has 0 aliphatic heterocycles. The maximum atomic E-state index is 4.86. The van der Waals surface area contributed by atoms with E-state index in [9.17, 15) is 0 Å². The van der Waals surface area contributed by atoms with Crippen molar-refractivity contribution >= 4 is 35.3 Å². The number of rotatable bonds is 1. The molecule has 2 aromatic heterocycles. The summed E-state index contributed by atoms with van der Waals surface area (Å²) in [5.74, 6) is 0. The van der Waals surface area contributed by atoms with Crippen molar-refractivity contribution in [2.24, 2.45) is 7.05 Å². The van der Waals surface area contributed by atoms with Gasteiger partial charge < -0.3 is 4.57 Å². The fourth-order valence-electron chi connectivity index (χ4n) is 3.19. The Morgan fingerprint density at radius 2 is 1.79 bits per heavy atom. The molecule has 0 unspecified atom stereocenters. The second-order valence-corrected chi connectivity index (χ2v) is 11.3. The molecule has 0 saturated heterocycles. The Hall–Kier alpha value is -1.61. The van der Waals surface area contributed by atoms with Gasteiger partial charge in [-0.1, -0.05) is 37.8 Å². The summed E-state index contributed by atoms with van der Waals surface area (Å²) in [6.07, 6.45) is 0. The molecule has 0 saturated carbocycles. The van der Waals surface area contributed by atoms with Crippen molar-refractivity contribution in [2.75, 3.05) is 0 Å². The summed E-state index contributed by atoms with van der Waals surface area (Å²) < 4.78 is 2.31. The van der Waals surface area contributed by atoms with E-state index < -0.39 is 8.07 Å². The summed E-state index contributed by atoms with van der Waals surface area (Å²) >= 11 is 0. The summed E-state index contributed by atoms with van der Waals surface area (Å²) in [5.41, 5.74) is 3.61. The maximum Gasteiger partial charge on any atom is 0.140 e. The molecule has 0 atom stereocenters. The van der Waals surface area contributed by atoms with E-state index in [0.29, 0.717) is 0 Å². The van der Waals surface area contributed by atoms with E-state index in [0.717, 1.165) is 11.2 Å². The highest BCUT2D eigenvalue weighted by Crippen LogP contribution is 2.24. The van der Waals surface area contributed by atoms with Gasteiger partial charge in [-0.05, 0) is 24.6 Å². The molecular weight excluding hydrogens is 248 g/mol. The fraction of sp³-hybridized carbons (Fsp3) is 0.312. The summed E-state index contributed by atoms with van der Waals surface area (Å²) in [6.45, 7) is 9.43. The minimum absolute atomic E-state index is 1.08. The van der Waals surface area contributed by atoms with Gasteiger partial charge in [-0.25, -0.2) is 4.98 Å². The number of pyridine rings is 1. The van der Waals surface area contributed by atoms with Crippen LogP contribution in [0.4, 0.5) is 0 Å². The zero-order valence-corrected chi connectivity index (χ0v) is 13.3. The number of hydrogen-bond acceptors (Lipinski definition) is 1. The molecule has 0 amide bonds. The van der Waals surface area contributed by atoms with Gasteiger partial charge in [0, 0.05) is 23.1 Å². The van der Waals surface area contributed by atoms with E-state index in [1.54, 1.807) is 0 Å². The topological polar surface area (TPSA) is 17.8 Å². The normalized spacial score (nSPS) is 12.5. The molecule has 3 aromatic rings. The standard InChI is InChI=1S/C16H20N2Si/c1-11-13-10-12-8-6-7-9-14(12)17-15(13)18(2)16(11)19(3,4)5/h6-10H,1-5H3. The zero-order valence-electron chi connectivity index (χ0n) is 12.3. The molecule has 1 aromatic carbocycles. The first kappa shape index (κ1) is 12.4. The number of aryl methyl sites for hydroxylation is 2. The first-order chi connectivity index (χ1) is 8.89. The second kappa shape index (κ2) is 3.94. The number of hydrogen-bond donors (Lipinski definition) is 0. The number of nitrogens with zero attached hydrogens (tertiary/aromatic N) is 2. The highest BCUT2D eigenvalue weighted by molar-refractivity contribution is 6.88. The van der Waals surface area contributed by atoms with Crippen LogP contribution < -0.4 is 5.32 Å². The Balaban J connectivity index is 2.47. The van der Waals surface area contributed by atoms with Crippen LogP contribution in [0.5, 0.6) is 0 Å². The fourth-order valence-corrected chi connectivity index (χ4v) is 5.56. The van der Waals surface area contributed by atoms with Crippen LogP contribution in [0.2, 0.25) is 19.6 Å². The van der Waals surface area contributed by atoms with Crippen molar-refractivity contribution in [1.29, 1.82) is 0 Å². The van der Waals surface area contributed by atoms with Crippen molar-refractivity contribution in [2.45, 2.75) is 26.6 Å². The lowest BCUT2D eigenvalue weighted by atomic mass is 10.1. The van der Waals surface area contributed by atoms with Gasteiger partial charge in [0.05, 0.1) is 13.6 Å². The molecule has 2 nitrogen and oxygen atoms in total. The lowest BCUT2D eigenvalue weighted by Crippen LogP contribution is -2.43. The van der Waals surface area contributed by atoms with Gasteiger partial charge in [0.1, 0.15) is 5.65 Å². The Morgan fingerprint density at radius 1 is 1.11 bits per heavy atom. The molecule has 0 aliphatic rings. The van der Waals surface area contributed by atoms with Crippen LogP contribution in [-0.4, -0.2) is 17.6 Å². The number of fused-ring (bicyclic) bond motifs is 2. The average Bonchev–Trinajstić information content (AvgIpc) is 2.59. The van der Waals surface area contributed by atoms with Gasteiger partial charge in [0.15, 0.2) is 0 Å². The Labute approximate surface area is 115 Å². The van der Waals surface area contributed by atoms with Crippen LogP contribution in [0.1, 0.15) is 5.56 Å². The SMILES string of the molecule is Cc1c([Si](C)(C)C)n(C)c2nc3ccccc3cc12. The maximum absolute atomic E-state index is 4.86. The van der Waals surface area contributed by atoms with Crippen LogP contribution in [-0.2, 0) is 7.05 Å². The first-order valence-electron chi connectivity index (χ1n) is 6.75. The van der Waals surface area contributed by atoms with Crippen LogP contribution in [0.15, 0.2) is 30.3 Å². The number of benzene rings is 1. The molecule has 3 rings (SSSR count). The van der Waals surface area contributed by atoms with E-state index in [-0.39, 0.29) is 0 Å². The molecule has 19 heavy (non-hydrogen) atoms. The summed E-state index contributed by atoms with van der Waals surface area (Å²) in [6, 6.07) is 10.6. The molecule has 0 N–H and O–H groups in total. The number of aromatic nitrogens is 2. The van der Waals surface area contributed by atoms with Crippen LogP contribution in [0.25, 0.3) is 21.9 Å². The highest BCUT2D eigenvalue weighted by Gasteiger charge is 2.25. The Kier molecular flexibility index (Phi) is 2.57. The van der Waals surface area contributed by atoms with Crippen molar-refractivity contribution in [3.63, 3.8) is 0 Å². The van der Waals surface area contributed by atoms with Crippen molar-refractivity contribution in [1.82, 2.24) is 9.55 Å². The Bertz CT molecular complexity index is 720. The van der Waals surface area contributed by atoms with E-state index in [2.05, 4.69) is 68.5 Å². The zero-order chi connectivity index (χ0) is 13.8. The quantitative estimate of drug-likeness (QED) is 0.617. The van der Waals surface area contributed by atoms with Crippen molar-refractivity contribution < 1.29 is 0 Å². The average molecular weight is 268 g/mol. The van der Waals surface area contributed by atoms with E-state index >= 15 is 0 Å². The third-order valence-corrected chi connectivity index (χ3v) is 5.96. The third kappa shape index (κ3) is 1.80. The molecule has 0 aliphatic carbocycles. The lowest BCUT2D eigenvalue weighted by Gasteiger charge is -2.18. The molecule has 2 heterocycles. The molecule has 98 valence electrons. The second-order valence-electron chi connectivity index (χ2n) is 6.33. The van der Waals surface area contributed by atoms with Crippen LogP contribution >= 0.6 is 0 Å². The third-order valence-electron chi connectivity index (χ3n) is 3.83. The first-order valence-corrected chi connectivity index (χ1v) is 10.2. The highest BCUT2D eigenvalue weighted by atomic mass is 28.3. The Morgan fingerprint density at radius 3 is 2.47 bits per heavy atom. The van der Waals surface area contributed by atoms with E-state index in [4.69, 9.17) is 4.98 Å². The van der Waals surface area contributed by atoms with Gasteiger partial charge in [-0.15, -0.1) is 0 Å². The molecule has 0 spiro atoms. The molecule has 0 fully saturated rings. The van der Waals surface area contributed by atoms with Crippen LogP contribution in [0, 0.1) is 6.92 Å². The van der Waals surface area contributed by atoms with Gasteiger partial charge in [0.25, 0.3) is 0 Å². The molecular formula is C16H20N2Si. The smallest absolute Gasteiger partial charge is 0.140 e.